The average molecular weight is 466 g/mol. The molecule has 32 heavy (non-hydrogen) atoms. The second kappa shape index (κ2) is 8.08. The zero-order valence-electron chi connectivity index (χ0n) is 17.6. The third-order valence-electron chi connectivity index (χ3n) is 6.67. The molecule has 1 fully saturated rings. The van der Waals surface area contributed by atoms with Gasteiger partial charge in [-0.05, 0) is 49.8 Å². The minimum atomic E-state index is -0.217. The molecule has 1 aromatic carbocycles. The van der Waals surface area contributed by atoms with Gasteiger partial charge >= 0.3 is 5.97 Å². The summed E-state index contributed by atoms with van der Waals surface area (Å²) in [5.74, 6) is 0.0854. The number of ether oxygens (including phenoxy) is 1. The molecule has 0 saturated heterocycles. The first-order valence-electron chi connectivity index (χ1n) is 11.2. The first-order valence-corrected chi connectivity index (χ1v) is 12.9. The lowest BCUT2D eigenvalue weighted by Crippen LogP contribution is -2.28. The van der Waals surface area contributed by atoms with Crippen LogP contribution < -0.4 is 5.56 Å². The number of aromatic nitrogens is 3. The van der Waals surface area contributed by atoms with Gasteiger partial charge in [0.2, 0.25) is 0 Å². The smallest absolute Gasteiger partial charge is 0.310 e. The summed E-state index contributed by atoms with van der Waals surface area (Å²) in [4.78, 5) is 40.0. The lowest BCUT2D eigenvalue weighted by molar-refractivity contribution is -0.152. The number of hydrogen-bond donors (Lipinski definition) is 1. The number of nitrogens with zero attached hydrogens (tertiary/aromatic N) is 2. The fraction of sp³-hybridized carbons (Fsp3) is 0.417. The molecule has 164 valence electrons. The van der Waals surface area contributed by atoms with Crippen LogP contribution in [-0.2, 0) is 29.0 Å². The lowest BCUT2D eigenvalue weighted by Gasteiger charge is -2.28. The van der Waals surface area contributed by atoms with E-state index in [2.05, 4.69) is 16.0 Å². The zero-order valence-corrected chi connectivity index (χ0v) is 19.2. The topological polar surface area (TPSA) is 84.9 Å². The molecule has 3 heterocycles. The van der Waals surface area contributed by atoms with Gasteiger partial charge < -0.3 is 9.72 Å². The normalized spacial score (nSPS) is 20.6. The molecule has 2 atom stereocenters. The molecule has 0 aliphatic heterocycles. The van der Waals surface area contributed by atoms with Gasteiger partial charge in [-0.25, -0.2) is 9.97 Å². The largest absolute Gasteiger partial charge is 0.457 e. The Morgan fingerprint density at radius 2 is 1.97 bits per heavy atom. The van der Waals surface area contributed by atoms with Crippen LogP contribution in [0.4, 0.5) is 0 Å². The zero-order chi connectivity index (χ0) is 21.7. The van der Waals surface area contributed by atoms with Gasteiger partial charge in [-0.1, -0.05) is 25.0 Å². The highest BCUT2D eigenvalue weighted by Crippen LogP contribution is 2.41. The number of carbonyl (C=O) groups excluding carboxylic acids is 1. The molecule has 0 amide bonds. The van der Waals surface area contributed by atoms with Crippen molar-refractivity contribution >= 4 is 49.1 Å². The SMILES string of the molecule is O=C(OCc1nc2sc3c(c2c(=O)[nH]1)CCC3)C1CCCCC1c1nc2ccccc2s1. The van der Waals surface area contributed by atoms with Crippen molar-refractivity contribution in [2.45, 2.75) is 57.5 Å². The van der Waals surface area contributed by atoms with Gasteiger partial charge in [-0.3, -0.25) is 9.59 Å². The second-order valence-corrected chi connectivity index (χ2v) is 10.8. The number of aryl methyl sites for hydroxylation is 2. The summed E-state index contributed by atoms with van der Waals surface area (Å²) in [6.07, 6.45) is 6.94. The van der Waals surface area contributed by atoms with E-state index in [9.17, 15) is 9.59 Å². The number of H-pyrrole nitrogens is 1. The molecule has 0 radical (unpaired) electrons. The fourth-order valence-corrected chi connectivity index (χ4v) is 7.57. The summed E-state index contributed by atoms with van der Waals surface area (Å²) in [6, 6.07) is 8.10. The van der Waals surface area contributed by atoms with Gasteiger partial charge in [0.25, 0.3) is 5.56 Å². The molecule has 2 unspecified atom stereocenters. The van der Waals surface area contributed by atoms with E-state index in [1.807, 2.05) is 18.2 Å². The van der Waals surface area contributed by atoms with Crippen LogP contribution in [0.1, 0.15) is 59.3 Å². The van der Waals surface area contributed by atoms with E-state index in [4.69, 9.17) is 9.72 Å². The van der Waals surface area contributed by atoms with E-state index >= 15 is 0 Å². The Morgan fingerprint density at radius 1 is 1.09 bits per heavy atom. The van der Waals surface area contributed by atoms with Crippen LogP contribution in [0.15, 0.2) is 29.1 Å². The van der Waals surface area contributed by atoms with Gasteiger partial charge in [0.05, 0.1) is 26.5 Å². The summed E-state index contributed by atoms with van der Waals surface area (Å²) in [5, 5.41) is 1.75. The van der Waals surface area contributed by atoms with E-state index in [-0.39, 0.29) is 30.0 Å². The fourth-order valence-electron chi connectivity index (χ4n) is 5.12. The van der Waals surface area contributed by atoms with Crippen molar-refractivity contribution in [1.29, 1.82) is 0 Å². The standard InChI is InChI=1S/C24H23N3O3S2/c28-21-20-15-8-5-11-17(15)31-23(20)27-19(26-21)12-30-24(29)14-7-2-1-6-13(14)22-25-16-9-3-4-10-18(16)32-22/h3-4,9-10,13-14H,1-2,5-8,11-12H2,(H,26,27,28). The number of thiophene rings is 1. The summed E-state index contributed by atoms with van der Waals surface area (Å²) in [5.41, 5.74) is 2.02. The molecular formula is C24H23N3O3S2. The van der Waals surface area contributed by atoms with Crippen LogP contribution >= 0.6 is 22.7 Å². The molecule has 1 N–H and O–H groups in total. The van der Waals surface area contributed by atoms with E-state index < -0.39 is 0 Å². The number of esters is 1. The van der Waals surface area contributed by atoms with Crippen LogP contribution in [0.5, 0.6) is 0 Å². The van der Waals surface area contributed by atoms with Crippen LogP contribution in [0.3, 0.4) is 0 Å². The minimum absolute atomic E-state index is 0.00432. The summed E-state index contributed by atoms with van der Waals surface area (Å²) < 4.78 is 6.84. The number of nitrogens with one attached hydrogen (secondary N) is 1. The molecule has 0 bridgehead atoms. The minimum Gasteiger partial charge on any atom is -0.457 e. The first kappa shape index (κ1) is 20.1. The third-order valence-corrected chi connectivity index (χ3v) is 9.03. The number of aromatic amines is 1. The van der Waals surface area contributed by atoms with Crippen molar-refractivity contribution in [2.24, 2.45) is 5.92 Å². The van der Waals surface area contributed by atoms with Crippen LogP contribution in [0.25, 0.3) is 20.4 Å². The second-order valence-electron chi connectivity index (χ2n) is 8.68. The predicted octanol–water partition coefficient (Wildman–Crippen LogP) is 5.10. The van der Waals surface area contributed by atoms with E-state index in [1.54, 1.807) is 22.7 Å². The first-order chi connectivity index (χ1) is 15.7. The van der Waals surface area contributed by atoms with Crippen LogP contribution in [0.2, 0.25) is 0 Å². The van der Waals surface area contributed by atoms with Crippen molar-refractivity contribution in [3.8, 4) is 0 Å². The van der Waals surface area contributed by atoms with Crippen LogP contribution in [0, 0.1) is 5.92 Å². The highest BCUT2D eigenvalue weighted by atomic mass is 32.1. The number of carbonyl (C=O) groups is 1. The Kier molecular flexibility index (Phi) is 5.07. The molecule has 1 saturated carbocycles. The van der Waals surface area contributed by atoms with E-state index in [0.29, 0.717) is 5.82 Å². The van der Waals surface area contributed by atoms with E-state index in [0.717, 1.165) is 76.0 Å². The van der Waals surface area contributed by atoms with Crippen molar-refractivity contribution in [1.82, 2.24) is 15.0 Å². The van der Waals surface area contributed by atoms with Crippen molar-refractivity contribution in [3.63, 3.8) is 0 Å². The Morgan fingerprint density at radius 3 is 2.88 bits per heavy atom. The van der Waals surface area contributed by atoms with E-state index in [1.165, 1.54) is 4.88 Å². The Balaban J connectivity index is 1.21. The average Bonchev–Trinajstić information content (AvgIpc) is 3.51. The van der Waals surface area contributed by atoms with Gasteiger partial charge in [0.15, 0.2) is 0 Å². The molecule has 8 heteroatoms. The number of thiazole rings is 1. The lowest BCUT2D eigenvalue weighted by atomic mass is 9.79. The molecule has 4 aromatic rings. The highest BCUT2D eigenvalue weighted by molar-refractivity contribution is 7.19. The highest BCUT2D eigenvalue weighted by Gasteiger charge is 2.35. The van der Waals surface area contributed by atoms with Gasteiger partial charge in [0, 0.05) is 10.8 Å². The van der Waals surface area contributed by atoms with Crippen molar-refractivity contribution in [3.05, 3.63) is 55.9 Å². The summed E-state index contributed by atoms with van der Waals surface area (Å²) in [7, 11) is 0. The maximum Gasteiger partial charge on any atom is 0.310 e. The predicted molar refractivity (Wildman–Crippen MR) is 126 cm³/mol. The number of hydrogen-bond acceptors (Lipinski definition) is 7. The number of fused-ring (bicyclic) bond motifs is 4. The Bertz CT molecular complexity index is 1350. The molecule has 0 spiro atoms. The molecular weight excluding hydrogens is 442 g/mol. The molecule has 6 rings (SSSR count). The Labute approximate surface area is 192 Å². The maximum absolute atomic E-state index is 13.1. The number of benzene rings is 1. The molecule has 6 nitrogen and oxygen atoms in total. The number of rotatable bonds is 4. The van der Waals surface area contributed by atoms with Gasteiger partial charge in [-0.15, -0.1) is 22.7 Å². The maximum atomic E-state index is 13.1. The summed E-state index contributed by atoms with van der Waals surface area (Å²) >= 11 is 3.27. The third kappa shape index (κ3) is 3.46. The number of para-hydroxylation sites is 1. The van der Waals surface area contributed by atoms with Gasteiger partial charge in [0.1, 0.15) is 17.3 Å². The summed E-state index contributed by atoms with van der Waals surface area (Å²) in [6.45, 7) is -0.00432. The molecule has 3 aromatic heterocycles. The monoisotopic (exact) mass is 465 g/mol. The van der Waals surface area contributed by atoms with Crippen LogP contribution in [-0.4, -0.2) is 20.9 Å². The molecule has 2 aliphatic carbocycles. The van der Waals surface area contributed by atoms with Crippen molar-refractivity contribution in [2.75, 3.05) is 0 Å². The van der Waals surface area contributed by atoms with Gasteiger partial charge in [-0.2, -0.15) is 0 Å². The van der Waals surface area contributed by atoms with Crippen molar-refractivity contribution < 1.29 is 9.53 Å². The Hall–Kier alpha value is -2.58. The molecule has 2 aliphatic rings. The quantitative estimate of drug-likeness (QED) is 0.424.